The van der Waals surface area contributed by atoms with Crippen LogP contribution in [0, 0.1) is 5.82 Å². The first-order chi connectivity index (χ1) is 13.0. The van der Waals surface area contributed by atoms with E-state index >= 15 is 0 Å². The summed E-state index contributed by atoms with van der Waals surface area (Å²) in [4.78, 5) is 23.9. The predicted molar refractivity (Wildman–Crippen MR) is 99.2 cm³/mol. The third-order valence-corrected chi connectivity index (χ3v) is 3.72. The van der Waals surface area contributed by atoms with Gasteiger partial charge in [0.05, 0.1) is 12.0 Å². The van der Waals surface area contributed by atoms with Gasteiger partial charge in [-0.1, -0.05) is 18.2 Å². The van der Waals surface area contributed by atoms with Gasteiger partial charge in [0.15, 0.2) is 5.76 Å². The van der Waals surface area contributed by atoms with Crippen LogP contribution in [-0.4, -0.2) is 17.5 Å². The van der Waals surface area contributed by atoms with Crippen LogP contribution in [-0.2, 0) is 0 Å². The van der Waals surface area contributed by atoms with Crippen molar-refractivity contribution < 1.29 is 18.4 Å². The lowest BCUT2D eigenvalue weighted by Crippen LogP contribution is -2.19. The van der Waals surface area contributed by atoms with Crippen LogP contribution >= 0.6 is 0 Å². The Morgan fingerprint density at radius 1 is 0.963 bits per heavy atom. The van der Waals surface area contributed by atoms with Crippen molar-refractivity contribution in [3.63, 3.8) is 0 Å². The first-order valence-corrected chi connectivity index (χ1v) is 8.08. The monoisotopic (exact) mass is 365 g/mol. The van der Waals surface area contributed by atoms with Crippen LogP contribution in [0.5, 0.6) is 0 Å². The van der Waals surface area contributed by atoms with Gasteiger partial charge in [-0.25, -0.2) is 9.82 Å². The molecule has 3 rings (SSSR count). The Hall–Kier alpha value is -3.74. The summed E-state index contributed by atoms with van der Waals surface area (Å²) in [5.41, 5.74) is 4.48. The van der Waals surface area contributed by atoms with E-state index < -0.39 is 11.7 Å². The van der Waals surface area contributed by atoms with Gasteiger partial charge in [0, 0.05) is 11.3 Å². The third kappa shape index (κ3) is 4.66. The highest BCUT2D eigenvalue weighted by Gasteiger charge is 2.09. The fourth-order valence-corrected chi connectivity index (χ4v) is 2.29. The summed E-state index contributed by atoms with van der Waals surface area (Å²) in [7, 11) is 0. The van der Waals surface area contributed by atoms with E-state index in [4.69, 9.17) is 4.42 Å². The zero-order valence-electron chi connectivity index (χ0n) is 14.4. The molecule has 6 nitrogen and oxygen atoms in total. The lowest BCUT2D eigenvalue weighted by atomic mass is 10.1. The first-order valence-electron chi connectivity index (χ1n) is 8.08. The second-order valence-electron chi connectivity index (χ2n) is 5.66. The highest BCUT2D eigenvalue weighted by atomic mass is 19.1. The summed E-state index contributed by atoms with van der Waals surface area (Å²) in [5, 5.41) is 6.73. The first kappa shape index (κ1) is 18.1. The molecule has 7 heteroatoms. The van der Waals surface area contributed by atoms with Crippen molar-refractivity contribution in [2.75, 3.05) is 5.32 Å². The van der Waals surface area contributed by atoms with Crippen LogP contribution in [0.25, 0.3) is 0 Å². The predicted octanol–water partition coefficient (Wildman–Crippen LogP) is 3.83. The Kier molecular flexibility index (Phi) is 5.41. The van der Waals surface area contributed by atoms with Crippen LogP contribution in [0.15, 0.2) is 76.4 Å². The zero-order chi connectivity index (χ0) is 19.2. The molecule has 0 saturated carbocycles. The van der Waals surface area contributed by atoms with Crippen molar-refractivity contribution in [2.24, 2.45) is 5.10 Å². The van der Waals surface area contributed by atoms with E-state index in [0.29, 0.717) is 11.4 Å². The molecule has 27 heavy (non-hydrogen) atoms. The smallest absolute Gasteiger partial charge is 0.291 e. The second-order valence-corrected chi connectivity index (χ2v) is 5.66. The highest BCUT2D eigenvalue weighted by Crippen LogP contribution is 2.12. The number of carbonyl (C=O) groups is 2. The fraction of sp³-hybridized carbons (Fsp3) is 0.0500. The number of benzene rings is 2. The summed E-state index contributed by atoms with van der Waals surface area (Å²) < 4.78 is 18.2. The molecule has 1 aromatic heterocycles. The fourth-order valence-electron chi connectivity index (χ4n) is 2.29. The molecule has 0 aliphatic rings. The number of hydrazone groups is 1. The number of rotatable bonds is 5. The van der Waals surface area contributed by atoms with Gasteiger partial charge in [-0.2, -0.15) is 5.10 Å². The summed E-state index contributed by atoms with van der Waals surface area (Å²) in [5.74, 6) is -1.12. The van der Waals surface area contributed by atoms with Gasteiger partial charge in [-0.3, -0.25) is 9.59 Å². The van der Waals surface area contributed by atoms with E-state index in [1.54, 1.807) is 43.3 Å². The average molecular weight is 365 g/mol. The van der Waals surface area contributed by atoms with Crippen molar-refractivity contribution in [3.8, 4) is 0 Å². The van der Waals surface area contributed by atoms with Crippen LogP contribution < -0.4 is 10.7 Å². The molecule has 0 atom stereocenters. The van der Waals surface area contributed by atoms with Crippen molar-refractivity contribution in [3.05, 3.63) is 89.6 Å². The van der Waals surface area contributed by atoms with Crippen LogP contribution in [0.3, 0.4) is 0 Å². The maximum absolute atomic E-state index is 13.2. The molecule has 0 bridgehead atoms. The third-order valence-electron chi connectivity index (χ3n) is 3.72. The molecule has 2 amide bonds. The molecule has 0 spiro atoms. The number of nitrogens with zero attached hydrogens (tertiary/aromatic N) is 1. The van der Waals surface area contributed by atoms with Crippen molar-refractivity contribution in [2.45, 2.75) is 6.92 Å². The molecule has 0 aliphatic heterocycles. The van der Waals surface area contributed by atoms with Crippen LogP contribution in [0.1, 0.15) is 33.4 Å². The topological polar surface area (TPSA) is 83.7 Å². The van der Waals surface area contributed by atoms with Crippen LogP contribution in [0.2, 0.25) is 0 Å². The SMILES string of the molecule is C/C(=N\NC(=O)c1cccc(F)c1)c1ccc(NC(=O)c2ccco2)cc1. The number of anilines is 1. The van der Waals surface area contributed by atoms with Gasteiger partial charge >= 0.3 is 0 Å². The lowest BCUT2D eigenvalue weighted by molar-refractivity contribution is 0.0953. The molecule has 0 aliphatic carbocycles. The minimum Gasteiger partial charge on any atom is -0.459 e. The lowest BCUT2D eigenvalue weighted by Gasteiger charge is -2.06. The molecule has 0 fully saturated rings. The molecule has 1 heterocycles. The van der Waals surface area contributed by atoms with Gasteiger partial charge in [-0.15, -0.1) is 0 Å². The second kappa shape index (κ2) is 8.09. The minimum absolute atomic E-state index is 0.183. The number of hydrogen-bond donors (Lipinski definition) is 2. The van der Waals surface area contributed by atoms with Gasteiger partial charge in [-0.05, 0) is 55.0 Å². The summed E-state index contributed by atoms with van der Waals surface area (Å²) in [6, 6.07) is 15.5. The van der Waals surface area contributed by atoms with E-state index in [1.807, 2.05) is 0 Å². The van der Waals surface area contributed by atoms with Gasteiger partial charge < -0.3 is 9.73 Å². The number of furan rings is 1. The number of carbonyl (C=O) groups excluding carboxylic acids is 2. The number of nitrogens with one attached hydrogen (secondary N) is 2. The Labute approximate surface area is 154 Å². The Morgan fingerprint density at radius 2 is 1.74 bits per heavy atom. The molecule has 0 radical (unpaired) electrons. The number of amides is 2. The molecule has 2 aromatic carbocycles. The summed E-state index contributed by atoms with van der Waals surface area (Å²) in [6.07, 6.45) is 1.43. The molecule has 136 valence electrons. The average Bonchev–Trinajstić information content (AvgIpc) is 3.21. The molecule has 2 N–H and O–H groups in total. The van der Waals surface area contributed by atoms with Crippen molar-refractivity contribution in [1.82, 2.24) is 5.43 Å². The maximum Gasteiger partial charge on any atom is 0.291 e. The van der Waals surface area contributed by atoms with E-state index in [-0.39, 0.29) is 17.2 Å². The minimum atomic E-state index is -0.504. The standard InChI is InChI=1S/C20H16FN3O3/c1-13(23-24-19(25)15-4-2-5-16(21)12-15)14-7-9-17(10-8-14)22-20(26)18-6-3-11-27-18/h2-12H,1H3,(H,22,26)(H,24,25)/b23-13+. The highest BCUT2D eigenvalue weighted by molar-refractivity contribution is 6.03. The molecular formula is C20H16FN3O3. The number of hydrogen-bond acceptors (Lipinski definition) is 4. The Morgan fingerprint density at radius 3 is 2.41 bits per heavy atom. The number of halogens is 1. The molecule has 0 unspecified atom stereocenters. The summed E-state index contributed by atoms with van der Waals surface area (Å²) in [6.45, 7) is 1.72. The molecule has 3 aromatic rings. The maximum atomic E-state index is 13.2. The van der Waals surface area contributed by atoms with Crippen molar-refractivity contribution in [1.29, 1.82) is 0 Å². The molecular weight excluding hydrogens is 349 g/mol. The van der Waals surface area contributed by atoms with E-state index in [1.165, 1.54) is 24.5 Å². The zero-order valence-corrected chi connectivity index (χ0v) is 14.4. The van der Waals surface area contributed by atoms with Gasteiger partial charge in [0.1, 0.15) is 5.82 Å². The van der Waals surface area contributed by atoms with Gasteiger partial charge in [0.2, 0.25) is 0 Å². The van der Waals surface area contributed by atoms with Gasteiger partial charge in [0.25, 0.3) is 11.8 Å². The normalized spacial score (nSPS) is 11.1. The quantitative estimate of drug-likeness (QED) is 0.532. The van der Waals surface area contributed by atoms with E-state index in [9.17, 15) is 14.0 Å². The summed E-state index contributed by atoms with van der Waals surface area (Å²) >= 11 is 0. The largest absolute Gasteiger partial charge is 0.459 e. The Bertz CT molecular complexity index is 980. The van der Waals surface area contributed by atoms with E-state index in [0.717, 1.165) is 11.6 Å². The van der Waals surface area contributed by atoms with Crippen LogP contribution in [0.4, 0.5) is 10.1 Å². The van der Waals surface area contributed by atoms with Crippen molar-refractivity contribution >= 4 is 23.2 Å². The molecule has 0 saturated heterocycles. The Balaban J connectivity index is 1.63. The van der Waals surface area contributed by atoms with E-state index in [2.05, 4.69) is 15.8 Å².